The van der Waals surface area contributed by atoms with E-state index in [4.69, 9.17) is 5.11 Å². The highest BCUT2D eigenvalue weighted by Gasteiger charge is 2.17. The summed E-state index contributed by atoms with van der Waals surface area (Å²) in [7, 11) is 0. The molecule has 0 aliphatic heterocycles. The number of nitrogens with one attached hydrogen (secondary N) is 1. The van der Waals surface area contributed by atoms with Crippen molar-refractivity contribution in [2.24, 2.45) is 5.92 Å². The van der Waals surface area contributed by atoms with Crippen LogP contribution in [-0.4, -0.2) is 28.0 Å². The molecule has 1 saturated carbocycles. The van der Waals surface area contributed by atoms with Crippen LogP contribution in [0.3, 0.4) is 0 Å². The van der Waals surface area contributed by atoms with Crippen LogP contribution in [0.25, 0.3) is 0 Å². The predicted octanol–water partition coefficient (Wildman–Crippen LogP) is 1.21. The average molecular weight is 302 g/mol. The fourth-order valence-electron chi connectivity index (χ4n) is 1.79. The number of aliphatic hydroxyl groups is 1. The smallest absolute Gasteiger partial charge is 0.283 e. The second-order valence-electron chi connectivity index (χ2n) is 4.30. The standard InChI is InChI=1S/C11H16BrN3O2/c12-10-9(13-6-8-2-1-3-8)7-14-15(4-5-16)11(10)17/h7-8,13,16H,1-6H2. The summed E-state index contributed by atoms with van der Waals surface area (Å²) in [6, 6.07) is 0. The predicted molar refractivity (Wildman–Crippen MR) is 69.1 cm³/mol. The fourth-order valence-corrected chi connectivity index (χ4v) is 2.24. The first-order valence-corrected chi connectivity index (χ1v) is 6.62. The lowest BCUT2D eigenvalue weighted by Gasteiger charge is -2.26. The van der Waals surface area contributed by atoms with Crippen LogP contribution in [0.1, 0.15) is 19.3 Å². The van der Waals surface area contributed by atoms with Gasteiger partial charge in [0.1, 0.15) is 4.47 Å². The molecule has 1 heterocycles. The topological polar surface area (TPSA) is 67.2 Å². The Balaban J connectivity index is 2.06. The Morgan fingerprint density at radius 3 is 2.94 bits per heavy atom. The molecule has 0 spiro atoms. The van der Waals surface area contributed by atoms with Crippen LogP contribution >= 0.6 is 15.9 Å². The van der Waals surface area contributed by atoms with Gasteiger partial charge in [-0.2, -0.15) is 5.10 Å². The summed E-state index contributed by atoms with van der Waals surface area (Å²) >= 11 is 3.27. The molecule has 0 saturated heterocycles. The van der Waals surface area contributed by atoms with E-state index in [0.717, 1.165) is 18.2 Å². The number of hydrogen-bond donors (Lipinski definition) is 2. The molecule has 1 aliphatic rings. The molecule has 0 bridgehead atoms. The van der Waals surface area contributed by atoms with E-state index in [1.54, 1.807) is 6.20 Å². The Morgan fingerprint density at radius 2 is 2.35 bits per heavy atom. The van der Waals surface area contributed by atoms with Crippen LogP contribution in [0.5, 0.6) is 0 Å². The van der Waals surface area contributed by atoms with Gasteiger partial charge in [-0.3, -0.25) is 4.79 Å². The largest absolute Gasteiger partial charge is 0.394 e. The van der Waals surface area contributed by atoms with Crippen LogP contribution in [0.15, 0.2) is 15.5 Å². The minimum Gasteiger partial charge on any atom is -0.394 e. The van der Waals surface area contributed by atoms with E-state index >= 15 is 0 Å². The molecule has 0 radical (unpaired) electrons. The summed E-state index contributed by atoms with van der Waals surface area (Å²) in [6.07, 6.45) is 5.46. The van der Waals surface area contributed by atoms with Crippen molar-refractivity contribution in [3.8, 4) is 0 Å². The Kier molecular flexibility index (Phi) is 4.17. The highest BCUT2D eigenvalue weighted by Crippen LogP contribution is 2.27. The van der Waals surface area contributed by atoms with Crippen molar-refractivity contribution in [2.45, 2.75) is 25.8 Å². The van der Waals surface area contributed by atoms with Crippen molar-refractivity contribution in [3.63, 3.8) is 0 Å². The first-order chi connectivity index (χ1) is 8.22. The SMILES string of the molecule is O=c1c(Br)c(NCC2CCC2)cnn1CCO. The summed E-state index contributed by atoms with van der Waals surface area (Å²) in [5, 5.41) is 16.0. The van der Waals surface area contributed by atoms with E-state index in [1.165, 1.54) is 23.9 Å². The van der Waals surface area contributed by atoms with Gasteiger partial charge >= 0.3 is 0 Å². The molecule has 94 valence electrons. The van der Waals surface area contributed by atoms with Crippen LogP contribution in [0, 0.1) is 5.92 Å². The number of rotatable bonds is 5. The van der Waals surface area contributed by atoms with Crippen LogP contribution in [-0.2, 0) is 6.54 Å². The quantitative estimate of drug-likeness (QED) is 0.858. The molecule has 0 aromatic carbocycles. The summed E-state index contributed by atoms with van der Waals surface area (Å²) in [4.78, 5) is 11.8. The lowest BCUT2D eigenvalue weighted by molar-refractivity contribution is 0.266. The third-order valence-electron chi connectivity index (χ3n) is 3.10. The van der Waals surface area contributed by atoms with Gasteiger partial charge < -0.3 is 10.4 Å². The molecular weight excluding hydrogens is 286 g/mol. The maximum atomic E-state index is 11.8. The monoisotopic (exact) mass is 301 g/mol. The van der Waals surface area contributed by atoms with Crippen LogP contribution in [0.4, 0.5) is 5.69 Å². The molecule has 2 rings (SSSR count). The fraction of sp³-hybridized carbons (Fsp3) is 0.636. The minimum absolute atomic E-state index is 0.0891. The Bertz CT molecular complexity index is 443. The van der Waals surface area contributed by atoms with E-state index in [2.05, 4.69) is 26.3 Å². The van der Waals surface area contributed by atoms with Gasteiger partial charge in [0, 0.05) is 6.54 Å². The minimum atomic E-state index is -0.211. The molecule has 1 aliphatic carbocycles. The molecule has 5 nitrogen and oxygen atoms in total. The lowest BCUT2D eigenvalue weighted by Crippen LogP contribution is -2.27. The van der Waals surface area contributed by atoms with Crippen molar-refractivity contribution in [1.29, 1.82) is 0 Å². The molecule has 0 amide bonds. The Hall–Kier alpha value is -0.880. The summed E-state index contributed by atoms with van der Waals surface area (Å²) in [5.74, 6) is 0.724. The van der Waals surface area contributed by atoms with E-state index in [9.17, 15) is 4.79 Å². The maximum absolute atomic E-state index is 11.8. The average Bonchev–Trinajstić information content (AvgIpc) is 2.26. The summed E-state index contributed by atoms with van der Waals surface area (Å²) in [5.41, 5.74) is 0.522. The second kappa shape index (κ2) is 5.64. The van der Waals surface area contributed by atoms with Crippen molar-refractivity contribution in [1.82, 2.24) is 9.78 Å². The van der Waals surface area contributed by atoms with Gasteiger partial charge in [-0.15, -0.1) is 0 Å². The van der Waals surface area contributed by atoms with Crippen molar-refractivity contribution in [3.05, 3.63) is 21.0 Å². The third kappa shape index (κ3) is 2.87. The number of nitrogens with zero attached hydrogens (tertiary/aromatic N) is 2. The lowest BCUT2D eigenvalue weighted by atomic mass is 9.85. The summed E-state index contributed by atoms with van der Waals surface area (Å²) < 4.78 is 1.73. The third-order valence-corrected chi connectivity index (χ3v) is 3.87. The molecule has 0 unspecified atom stereocenters. The van der Waals surface area contributed by atoms with Crippen molar-refractivity contribution < 1.29 is 5.11 Å². The first kappa shape index (κ1) is 12.6. The van der Waals surface area contributed by atoms with E-state index in [-0.39, 0.29) is 18.7 Å². The molecule has 1 aromatic heterocycles. The van der Waals surface area contributed by atoms with Gasteiger partial charge in [-0.05, 0) is 34.7 Å². The van der Waals surface area contributed by atoms with Gasteiger partial charge in [-0.1, -0.05) is 6.42 Å². The van der Waals surface area contributed by atoms with Gasteiger partial charge in [0.05, 0.1) is 25.0 Å². The zero-order chi connectivity index (χ0) is 12.3. The van der Waals surface area contributed by atoms with Gasteiger partial charge in [0.15, 0.2) is 0 Å². The molecule has 1 fully saturated rings. The molecule has 0 atom stereocenters. The second-order valence-corrected chi connectivity index (χ2v) is 5.09. The summed E-state index contributed by atoms with van der Waals surface area (Å²) in [6.45, 7) is 1.03. The highest BCUT2D eigenvalue weighted by molar-refractivity contribution is 9.10. The van der Waals surface area contributed by atoms with E-state index in [1.807, 2.05) is 0 Å². The van der Waals surface area contributed by atoms with Crippen molar-refractivity contribution in [2.75, 3.05) is 18.5 Å². The van der Waals surface area contributed by atoms with E-state index in [0.29, 0.717) is 4.47 Å². The molecule has 1 aromatic rings. The Labute approximate surface area is 108 Å². The number of hydrogen-bond acceptors (Lipinski definition) is 4. The van der Waals surface area contributed by atoms with Crippen LogP contribution < -0.4 is 10.9 Å². The van der Waals surface area contributed by atoms with Gasteiger partial charge in [-0.25, -0.2) is 4.68 Å². The first-order valence-electron chi connectivity index (χ1n) is 5.82. The zero-order valence-electron chi connectivity index (χ0n) is 9.53. The zero-order valence-corrected chi connectivity index (χ0v) is 11.1. The normalized spacial score (nSPS) is 15.6. The van der Waals surface area contributed by atoms with E-state index < -0.39 is 0 Å². The highest BCUT2D eigenvalue weighted by atomic mass is 79.9. The number of anilines is 1. The Morgan fingerprint density at radius 1 is 1.59 bits per heavy atom. The number of halogens is 1. The van der Waals surface area contributed by atoms with Gasteiger partial charge in [0.2, 0.25) is 0 Å². The molecule has 17 heavy (non-hydrogen) atoms. The maximum Gasteiger partial charge on any atom is 0.283 e. The van der Waals surface area contributed by atoms with Crippen LogP contribution in [0.2, 0.25) is 0 Å². The molecule has 2 N–H and O–H groups in total. The van der Waals surface area contributed by atoms with Gasteiger partial charge in [0.25, 0.3) is 5.56 Å². The molecule has 6 heteroatoms. The molecular formula is C11H16BrN3O2. The number of aromatic nitrogens is 2. The van der Waals surface area contributed by atoms with Crippen molar-refractivity contribution >= 4 is 21.6 Å². The number of aliphatic hydroxyl groups excluding tert-OH is 1.